The van der Waals surface area contributed by atoms with Gasteiger partial charge in [-0.1, -0.05) is 23.7 Å². The van der Waals surface area contributed by atoms with Gasteiger partial charge < -0.3 is 5.32 Å². The van der Waals surface area contributed by atoms with Gasteiger partial charge in [-0.05, 0) is 30.7 Å². The number of aromatic nitrogens is 1. The number of nitrogens with one attached hydrogen (secondary N) is 1. The largest absolute Gasteiger partial charge is 0.325 e. The van der Waals surface area contributed by atoms with Crippen molar-refractivity contribution in [2.24, 2.45) is 0 Å². The van der Waals surface area contributed by atoms with E-state index in [2.05, 4.69) is 10.3 Å². The Labute approximate surface area is 137 Å². The Morgan fingerprint density at radius 2 is 2.13 bits per heavy atom. The van der Waals surface area contributed by atoms with Crippen molar-refractivity contribution in [3.8, 4) is 0 Å². The normalized spacial score (nSPS) is 20.7. The van der Waals surface area contributed by atoms with E-state index in [9.17, 15) is 14.0 Å². The summed E-state index contributed by atoms with van der Waals surface area (Å²) < 4.78 is 13.2. The lowest BCUT2D eigenvalue weighted by Gasteiger charge is -2.21. The van der Waals surface area contributed by atoms with E-state index in [0.717, 1.165) is 4.90 Å². The summed E-state index contributed by atoms with van der Waals surface area (Å²) in [6, 6.07) is 7.00. The number of hydrogen-bond donors (Lipinski definition) is 1. The van der Waals surface area contributed by atoms with Crippen LogP contribution < -0.4 is 5.32 Å². The lowest BCUT2D eigenvalue weighted by molar-refractivity contribution is -0.131. The molecule has 0 unspecified atom stereocenters. The van der Waals surface area contributed by atoms with Crippen molar-refractivity contribution >= 4 is 23.5 Å². The monoisotopic (exact) mass is 333 g/mol. The van der Waals surface area contributed by atoms with Crippen LogP contribution in [0.2, 0.25) is 5.02 Å². The van der Waals surface area contributed by atoms with Crippen LogP contribution in [0.4, 0.5) is 9.18 Å². The molecule has 1 aromatic carbocycles. The van der Waals surface area contributed by atoms with E-state index in [0.29, 0.717) is 11.1 Å². The maximum Gasteiger partial charge on any atom is 0.325 e. The number of benzene rings is 1. The number of imide groups is 1. The predicted molar refractivity (Wildman–Crippen MR) is 82.1 cm³/mol. The van der Waals surface area contributed by atoms with Gasteiger partial charge >= 0.3 is 6.03 Å². The Morgan fingerprint density at radius 3 is 2.78 bits per heavy atom. The molecule has 1 saturated heterocycles. The first-order valence-corrected chi connectivity index (χ1v) is 7.28. The zero-order valence-electron chi connectivity index (χ0n) is 12.2. The molecule has 1 aliphatic rings. The molecule has 1 N–H and O–H groups in total. The van der Waals surface area contributed by atoms with Crippen LogP contribution in [-0.2, 0) is 16.9 Å². The molecule has 2 heterocycles. The summed E-state index contributed by atoms with van der Waals surface area (Å²) in [5.41, 5.74) is -0.0110. The van der Waals surface area contributed by atoms with Crippen molar-refractivity contribution in [1.82, 2.24) is 15.2 Å². The topological polar surface area (TPSA) is 62.3 Å². The second kappa shape index (κ2) is 5.62. The quantitative estimate of drug-likeness (QED) is 0.879. The maximum absolute atomic E-state index is 13.2. The number of amides is 3. The molecular formula is C16H13ClFN3O2. The number of carbonyl (C=O) groups is 2. The third kappa shape index (κ3) is 2.66. The molecule has 23 heavy (non-hydrogen) atoms. The zero-order valence-corrected chi connectivity index (χ0v) is 13.0. The van der Waals surface area contributed by atoms with Gasteiger partial charge in [0.1, 0.15) is 11.4 Å². The standard InChI is InChI=1S/C16H13ClFN3O2/c1-16(11-3-2-6-19-8-11)14(22)21(15(23)20-16)9-10-4-5-13(18)12(17)7-10/h2-8H,9H2,1H3,(H,20,23)/t16-/m1/s1. The van der Waals surface area contributed by atoms with Crippen LogP contribution in [0.5, 0.6) is 0 Å². The second-order valence-corrected chi connectivity index (χ2v) is 5.84. The summed E-state index contributed by atoms with van der Waals surface area (Å²) in [6.07, 6.45) is 3.13. The van der Waals surface area contributed by atoms with Crippen molar-refractivity contribution in [2.75, 3.05) is 0 Å². The van der Waals surface area contributed by atoms with E-state index in [4.69, 9.17) is 11.6 Å². The predicted octanol–water partition coefficient (Wildman–Crippen LogP) is 2.84. The Bertz CT molecular complexity index is 784. The minimum Gasteiger partial charge on any atom is -0.319 e. The number of halogens is 2. The smallest absolute Gasteiger partial charge is 0.319 e. The van der Waals surface area contributed by atoms with Gasteiger partial charge in [0.15, 0.2) is 0 Å². The minimum absolute atomic E-state index is 0.0144. The van der Waals surface area contributed by atoms with Crippen LogP contribution in [0.15, 0.2) is 42.7 Å². The molecule has 1 aromatic heterocycles. The first kappa shape index (κ1) is 15.4. The molecule has 5 nitrogen and oxygen atoms in total. The Kier molecular flexibility index (Phi) is 3.77. The van der Waals surface area contributed by atoms with Crippen molar-refractivity contribution in [3.63, 3.8) is 0 Å². The van der Waals surface area contributed by atoms with Crippen molar-refractivity contribution < 1.29 is 14.0 Å². The van der Waals surface area contributed by atoms with Gasteiger partial charge in [0.05, 0.1) is 11.6 Å². The highest BCUT2D eigenvalue weighted by Gasteiger charge is 2.49. The first-order chi connectivity index (χ1) is 10.9. The number of rotatable bonds is 3. The Hall–Kier alpha value is -2.47. The molecule has 2 aromatic rings. The highest BCUT2D eigenvalue weighted by Crippen LogP contribution is 2.29. The number of pyridine rings is 1. The molecule has 118 valence electrons. The van der Waals surface area contributed by atoms with Gasteiger partial charge in [-0.25, -0.2) is 9.18 Å². The first-order valence-electron chi connectivity index (χ1n) is 6.90. The average Bonchev–Trinajstić information content (AvgIpc) is 2.76. The second-order valence-electron chi connectivity index (χ2n) is 5.44. The van der Waals surface area contributed by atoms with Crippen LogP contribution in [0.25, 0.3) is 0 Å². The van der Waals surface area contributed by atoms with Crippen molar-refractivity contribution in [3.05, 3.63) is 64.7 Å². The van der Waals surface area contributed by atoms with Crippen LogP contribution in [0, 0.1) is 5.82 Å². The third-order valence-electron chi connectivity index (χ3n) is 3.84. The Balaban J connectivity index is 1.88. The number of carbonyl (C=O) groups excluding carboxylic acids is 2. The summed E-state index contributed by atoms with van der Waals surface area (Å²) in [5.74, 6) is -0.941. The summed E-state index contributed by atoms with van der Waals surface area (Å²) in [5, 5.41) is 2.63. The van der Waals surface area contributed by atoms with Gasteiger partial charge in [-0.2, -0.15) is 0 Å². The summed E-state index contributed by atoms with van der Waals surface area (Å²) in [7, 11) is 0. The van der Waals surface area contributed by atoms with E-state index in [1.54, 1.807) is 25.3 Å². The van der Waals surface area contributed by atoms with Gasteiger partial charge in [0.2, 0.25) is 0 Å². The third-order valence-corrected chi connectivity index (χ3v) is 4.13. The van der Waals surface area contributed by atoms with Gasteiger partial charge in [-0.3, -0.25) is 14.7 Å². The molecule has 0 bridgehead atoms. The lowest BCUT2D eigenvalue weighted by Crippen LogP contribution is -2.40. The molecule has 0 aliphatic carbocycles. The average molecular weight is 334 g/mol. The molecule has 3 rings (SSSR count). The van der Waals surface area contributed by atoms with Crippen LogP contribution >= 0.6 is 11.6 Å². The summed E-state index contributed by atoms with van der Waals surface area (Å²) in [4.78, 5) is 30.0. The van der Waals surface area contributed by atoms with E-state index in [1.165, 1.54) is 24.4 Å². The highest BCUT2D eigenvalue weighted by molar-refractivity contribution is 6.30. The fourth-order valence-corrected chi connectivity index (χ4v) is 2.72. The number of urea groups is 1. The molecule has 0 saturated carbocycles. The molecule has 1 atom stereocenters. The molecule has 0 spiro atoms. The molecular weight excluding hydrogens is 321 g/mol. The fourth-order valence-electron chi connectivity index (χ4n) is 2.52. The van der Waals surface area contributed by atoms with E-state index >= 15 is 0 Å². The van der Waals surface area contributed by atoms with E-state index in [1.807, 2.05) is 0 Å². The molecule has 1 fully saturated rings. The van der Waals surface area contributed by atoms with E-state index in [-0.39, 0.29) is 11.6 Å². The SMILES string of the molecule is C[C@]1(c2cccnc2)NC(=O)N(Cc2ccc(F)c(Cl)c2)C1=O. The molecule has 0 radical (unpaired) electrons. The van der Waals surface area contributed by atoms with Gasteiger partial charge in [0.25, 0.3) is 5.91 Å². The maximum atomic E-state index is 13.2. The van der Waals surface area contributed by atoms with Crippen molar-refractivity contribution in [2.45, 2.75) is 19.0 Å². The van der Waals surface area contributed by atoms with E-state index < -0.39 is 23.3 Å². The van der Waals surface area contributed by atoms with Gasteiger partial charge in [0, 0.05) is 18.0 Å². The number of nitrogens with zero attached hydrogens (tertiary/aromatic N) is 2. The van der Waals surface area contributed by atoms with Crippen LogP contribution in [0.1, 0.15) is 18.1 Å². The van der Waals surface area contributed by atoms with Crippen molar-refractivity contribution in [1.29, 1.82) is 0 Å². The van der Waals surface area contributed by atoms with Crippen LogP contribution in [-0.4, -0.2) is 21.8 Å². The Morgan fingerprint density at radius 1 is 1.35 bits per heavy atom. The molecule has 3 amide bonds. The lowest BCUT2D eigenvalue weighted by atomic mass is 9.93. The molecule has 7 heteroatoms. The van der Waals surface area contributed by atoms with Crippen LogP contribution in [0.3, 0.4) is 0 Å². The fraction of sp³-hybridized carbons (Fsp3) is 0.188. The van der Waals surface area contributed by atoms with Gasteiger partial charge in [-0.15, -0.1) is 0 Å². The number of hydrogen-bond acceptors (Lipinski definition) is 3. The summed E-state index contributed by atoms with van der Waals surface area (Å²) in [6.45, 7) is 1.64. The zero-order chi connectivity index (χ0) is 16.6. The minimum atomic E-state index is -1.17. The summed E-state index contributed by atoms with van der Waals surface area (Å²) >= 11 is 5.74. The molecule has 1 aliphatic heterocycles. The highest BCUT2D eigenvalue weighted by atomic mass is 35.5.